The summed E-state index contributed by atoms with van der Waals surface area (Å²) in [5.41, 5.74) is 6.79. The summed E-state index contributed by atoms with van der Waals surface area (Å²) in [4.78, 5) is 10.9. The van der Waals surface area contributed by atoms with E-state index in [0.29, 0.717) is 11.3 Å². The number of aryl methyl sites for hydroxylation is 1. The Bertz CT molecular complexity index is 417. The highest BCUT2D eigenvalue weighted by molar-refractivity contribution is 5.95. The molecule has 5 nitrogen and oxygen atoms in total. The van der Waals surface area contributed by atoms with Crippen molar-refractivity contribution in [3.8, 4) is 5.75 Å². The second-order valence-corrected chi connectivity index (χ2v) is 3.26. The van der Waals surface area contributed by atoms with Crippen molar-refractivity contribution in [1.29, 1.82) is 5.41 Å². The lowest BCUT2D eigenvalue weighted by Gasteiger charge is -2.09. The van der Waals surface area contributed by atoms with Crippen LogP contribution in [0.15, 0.2) is 18.2 Å². The molecule has 1 aromatic carbocycles. The maximum atomic E-state index is 10.9. The number of hydrogen-bond donors (Lipinski definition) is 2. The quantitative estimate of drug-likeness (QED) is 0.486. The SMILES string of the molecule is CC.COC(=O)COc1ccc(C(=N)N)cc1C. The summed E-state index contributed by atoms with van der Waals surface area (Å²) in [5, 5.41) is 7.27. The minimum Gasteiger partial charge on any atom is -0.482 e. The van der Waals surface area contributed by atoms with Crippen molar-refractivity contribution in [2.24, 2.45) is 5.73 Å². The molecule has 0 aliphatic carbocycles. The van der Waals surface area contributed by atoms with Crippen LogP contribution in [0.4, 0.5) is 0 Å². The molecule has 5 heteroatoms. The summed E-state index contributed by atoms with van der Waals surface area (Å²) < 4.78 is 9.69. The minimum absolute atomic E-state index is 0.00242. The van der Waals surface area contributed by atoms with Crippen molar-refractivity contribution in [3.05, 3.63) is 29.3 Å². The fourth-order valence-corrected chi connectivity index (χ4v) is 1.17. The zero-order valence-electron chi connectivity index (χ0n) is 11.2. The van der Waals surface area contributed by atoms with Crippen LogP contribution in [-0.4, -0.2) is 25.5 Å². The van der Waals surface area contributed by atoms with Crippen LogP contribution in [0.1, 0.15) is 25.0 Å². The highest BCUT2D eigenvalue weighted by Crippen LogP contribution is 2.18. The number of nitrogens with one attached hydrogen (secondary N) is 1. The Labute approximate surface area is 107 Å². The number of ether oxygens (including phenoxy) is 2. The standard InChI is InChI=1S/C11H14N2O3.C2H6/c1-7-5-8(11(12)13)3-4-9(7)16-6-10(14)15-2;1-2/h3-5H,6H2,1-2H3,(H3,12,13);1-2H3. The average Bonchev–Trinajstić information content (AvgIpc) is 2.39. The number of rotatable bonds is 4. The van der Waals surface area contributed by atoms with Gasteiger partial charge in [0.2, 0.25) is 0 Å². The third-order valence-corrected chi connectivity index (χ3v) is 2.06. The first-order valence-electron chi connectivity index (χ1n) is 5.69. The minimum atomic E-state index is -0.435. The molecule has 0 saturated carbocycles. The van der Waals surface area contributed by atoms with Crippen molar-refractivity contribution >= 4 is 11.8 Å². The Morgan fingerprint density at radius 3 is 2.44 bits per heavy atom. The zero-order valence-corrected chi connectivity index (χ0v) is 11.2. The van der Waals surface area contributed by atoms with Crippen LogP contribution in [-0.2, 0) is 9.53 Å². The van der Waals surface area contributed by atoms with Crippen LogP contribution in [0.5, 0.6) is 5.75 Å². The molecule has 0 aliphatic rings. The second kappa shape index (κ2) is 8.11. The van der Waals surface area contributed by atoms with E-state index in [1.54, 1.807) is 18.2 Å². The van der Waals surface area contributed by atoms with Gasteiger partial charge in [0.15, 0.2) is 6.61 Å². The molecule has 0 aliphatic heterocycles. The average molecular weight is 252 g/mol. The largest absolute Gasteiger partial charge is 0.482 e. The van der Waals surface area contributed by atoms with Crippen molar-refractivity contribution in [1.82, 2.24) is 0 Å². The Morgan fingerprint density at radius 1 is 1.39 bits per heavy atom. The summed E-state index contributed by atoms with van der Waals surface area (Å²) in [6.45, 7) is 5.69. The fraction of sp³-hybridized carbons (Fsp3) is 0.385. The molecule has 0 atom stereocenters. The summed E-state index contributed by atoms with van der Waals surface area (Å²) in [7, 11) is 1.30. The molecule has 0 unspecified atom stereocenters. The third kappa shape index (κ3) is 4.86. The zero-order chi connectivity index (χ0) is 14.1. The van der Waals surface area contributed by atoms with E-state index in [-0.39, 0.29) is 12.4 Å². The van der Waals surface area contributed by atoms with Gasteiger partial charge in [0.1, 0.15) is 11.6 Å². The van der Waals surface area contributed by atoms with Gasteiger partial charge in [-0.1, -0.05) is 13.8 Å². The highest BCUT2D eigenvalue weighted by Gasteiger charge is 2.06. The van der Waals surface area contributed by atoms with E-state index in [1.165, 1.54) is 7.11 Å². The lowest BCUT2D eigenvalue weighted by Crippen LogP contribution is -2.14. The van der Waals surface area contributed by atoms with Crippen LogP contribution in [0, 0.1) is 12.3 Å². The van der Waals surface area contributed by atoms with E-state index in [9.17, 15) is 4.79 Å². The van der Waals surface area contributed by atoms with E-state index in [1.807, 2.05) is 20.8 Å². The molecule has 18 heavy (non-hydrogen) atoms. The summed E-state index contributed by atoms with van der Waals surface area (Å²) in [6.07, 6.45) is 0. The molecule has 0 fully saturated rings. The fourth-order valence-electron chi connectivity index (χ4n) is 1.17. The third-order valence-electron chi connectivity index (χ3n) is 2.06. The lowest BCUT2D eigenvalue weighted by molar-refractivity contribution is -0.142. The smallest absolute Gasteiger partial charge is 0.343 e. The van der Waals surface area contributed by atoms with Crippen LogP contribution in [0.3, 0.4) is 0 Å². The summed E-state index contributed by atoms with van der Waals surface area (Å²) in [5.74, 6) is 0.146. The highest BCUT2D eigenvalue weighted by atomic mass is 16.6. The molecule has 100 valence electrons. The predicted octanol–water partition coefficient (Wildman–Crippen LogP) is 1.86. The number of nitrogens with two attached hydrogens (primary N) is 1. The van der Waals surface area contributed by atoms with Gasteiger partial charge in [0.25, 0.3) is 0 Å². The summed E-state index contributed by atoms with van der Waals surface area (Å²) in [6, 6.07) is 5.08. The van der Waals surface area contributed by atoms with Crippen LogP contribution in [0.2, 0.25) is 0 Å². The molecule has 0 radical (unpaired) electrons. The Balaban J connectivity index is 0.00000137. The summed E-state index contributed by atoms with van der Waals surface area (Å²) >= 11 is 0. The molecular weight excluding hydrogens is 232 g/mol. The molecular formula is C13H20N2O3. The lowest BCUT2D eigenvalue weighted by atomic mass is 10.1. The maximum absolute atomic E-state index is 10.9. The van der Waals surface area contributed by atoms with Crippen LogP contribution in [0.25, 0.3) is 0 Å². The number of carbonyl (C=O) groups is 1. The van der Waals surface area contributed by atoms with Gasteiger partial charge in [-0.05, 0) is 30.7 Å². The van der Waals surface area contributed by atoms with Gasteiger partial charge < -0.3 is 15.2 Å². The van der Waals surface area contributed by atoms with Gasteiger partial charge in [-0.3, -0.25) is 5.41 Å². The van der Waals surface area contributed by atoms with Crippen molar-refractivity contribution in [2.75, 3.05) is 13.7 Å². The van der Waals surface area contributed by atoms with Crippen molar-refractivity contribution in [3.63, 3.8) is 0 Å². The molecule has 0 bridgehead atoms. The first-order chi connectivity index (χ1) is 8.54. The van der Waals surface area contributed by atoms with E-state index >= 15 is 0 Å². The Kier molecular flexibility index (Phi) is 7.19. The number of esters is 1. The first-order valence-corrected chi connectivity index (χ1v) is 5.69. The van der Waals surface area contributed by atoms with Gasteiger partial charge in [0, 0.05) is 5.56 Å². The van der Waals surface area contributed by atoms with E-state index in [2.05, 4.69) is 4.74 Å². The van der Waals surface area contributed by atoms with Gasteiger partial charge >= 0.3 is 5.97 Å². The van der Waals surface area contributed by atoms with Crippen LogP contribution < -0.4 is 10.5 Å². The van der Waals surface area contributed by atoms with Gasteiger partial charge in [-0.25, -0.2) is 4.79 Å². The number of hydrogen-bond acceptors (Lipinski definition) is 4. The molecule has 3 N–H and O–H groups in total. The molecule has 1 rings (SSSR count). The van der Waals surface area contributed by atoms with Crippen molar-refractivity contribution < 1.29 is 14.3 Å². The number of amidine groups is 1. The van der Waals surface area contributed by atoms with E-state index < -0.39 is 5.97 Å². The topological polar surface area (TPSA) is 85.4 Å². The van der Waals surface area contributed by atoms with Gasteiger partial charge in [-0.15, -0.1) is 0 Å². The molecule has 0 spiro atoms. The first kappa shape index (κ1) is 16.0. The second-order valence-electron chi connectivity index (χ2n) is 3.26. The van der Waals surface area contributed by atoms with Crippen LogP contribution >= 0.6 is 0 Å². The predicted molar refractivity (Wildman–Crippen MR) is 71.1 cm³/mol. The van der Waals surface area contributed by atoms with Crippen molar-refractivity contribution in [2.45, 2.75) is 20.8 Å². The number of nitrogen functional groups attached to an aromatic ring is 1. The molecule has 0 saturated heterocycles. The number of benzene rings is 1. The van der Waals surface area contributed by atoms with Gasteiger partial charge in [0.05, 0.1) is 7.11 Å². The number of carbonyl (C=O) groups excluding carboxylic acids is 1. The van der Waals surface area contributed by atoms with Gasteiger partial charge in [-0.2, -0.15) is 0 Å². The number of methoxy groups -OCH3 is 1. The molecule has 0 heterocycles. The Morgan fingerprint density at radius 2 is 2.00 bits per heavy atom. The molecule has 0 amide bonds. The monoisotopic (exact) mass is 252 g/mol. The maximum Gasteiger partial charge on any atom is 0.343 e. The molecule has 0 aromatic heterocycles. The normalized spacial score (nSPS) is 8.89. The Hall–Kier alpha value is -2.04. The van der Waals surface area contributed by atoms with E-state index in [0.717, 1.165) is 5.56 Å². The van der Waals surface area contributed by atoms with E-state index in [4.69, 9.17) is 15.9 Å². The molecule has 1 aromatic rings.